The molecule has 0 radical (unpaired) electrons. The lowest BCUT2D eigenvalue weighted by atomic mass is 10.2. The van der Waals surface area contributed by atoms with E-state index in [1.807, 2.05) is 0 Å². The summed E-state index contributed by atoms with van der Waals surface area (Å²) in [6.07, 6.45) is 0.928. The van der Waals surface area contributed by atoms with Crippen LogP contribution in [0.4, 0.5) is 14.5 Å². The first-order valence-corrected chi connectivity index (χ1v) is 5.92. The highest BCUT2D eigenvalue weighted by atomic mass is 19.1. The van der Waals surface area contributed by atoms with Gasteiger partial charge in [-0.05, 0) is 30.3 Å². The quantitative estimate of drug-likeness (QED) is 0.830. The number of amides is 1. The standard InChI is InChI=1S/C15H10F2N2O2/c16-11-3-6-14(18-9-11)15(21)19-12-4-5-13(17)10(8-12)2-1-7-20/h3-6,8-9,20H,7H2,(H,19,21). The number of nitrogens with zero attached hydrogens (tertiary/aromatic N) is 1. The summed E-state index contributed by atoms with van der Waals surface area (Å²) in [6, 6.07) is 6.20. The molecule has 0 spiro atoms. The van der Waals surface area contributed by atoms with Crippen LogP contribution in [0.15, 0.2) is 36.5 Å². The molecule has 2 aromatic rings. The molecular weight excluding hydrogens is 278 g/mol. The van der Waals surface area contributed by atoms with Crippen molar-refractivity contribution in [2.45, 2.75) is 0 Å². The van der Waals surface area contributed by atoms with Gasteiger partial charge in [-0.2, -0.15) is 0 Å². The molecule has 2 N–H and O–H groups in total. The van der Waals surface area contributed by atoms with Crippen LogP contribution >= 0.6 is 0 Å². The van der Waals surface area contributed by atoms with Crippen LogP contribution in [-0.4, -0.2) is 22.6 Å². The van der Waals surface area contributed by atoms with Crippen molar-refractivity contribution in [3.63, 3.8) is 0 Å². The Balaban J connectivity index is 2.19. The summed E-state index contributed by atoms with van der Waals surface area (Å²) in [5.74, 6) is 3.09. The van der Waals surface area contributed by atoms with Gasteiger partial charge < -0.3 is 10.4 Å². The van der Waals surface area contributed by atoms with Crippen LogP contribution in [-0.2, 0) is 0 Å². The molecule has 0 aliphatic rings. The molecule has 0 unspecified atom stereocenters. The molecule has 0 fully saturated rings. The molecule has 1 aromatic carbocycles. The number of aromatic nitrogens is 1. The Morgan fingerprint density at radius 3 is 2.76 bits per heavy atom. The molecule has 2 rings (SSSR count). The van der Waals surface area contributed by atoms with E-state index in [4.69, 9.17) is 5.11 Å². The van der Waals surface area contributed by atoms with Gasteiger partial charge in [0.25, 0.3) is 5.91 Å². The van der Waals surface area contributed by atoms with Crippen molar-refractivity contribution < 1.29 is 18.7 Å². The zero-order valence-electron chi connectivity index (χ0n) is 10.7. The Morgan fingerprint density at radius 1 is 1.29 bits per heavy atom. The third kappa shape index (κ3) is 3.84. The van der Waals surface area contributed by atoms with Crippen LogP contribution in [0, 0.1) is 23.5 Å². The number of halogens is 2. The zero-order chi connectivity index (χ0) is 15.2. The number of pyridine rings is 1. The zero-order valence-corrected chi connectivity index (χ0v) is 10.7. The van der Waals surface area contributed by atoms with Crippen molar-refractivity contribution in [1.82, 2.24) is 4.98 Å². The molecule has 0 saturated carbocycles. The summed E-state index contributed by atoms with van der Waals surface area (Å²) in [6.45, 7) is -0.393. The molecule has 21 heavy (non-hydrogen) atoms. The predicted molar refractivity (Wildman–Crippen MR) is 72.5 cm³/mol. The van der Waals surface area contributed by atoms with Crippen LogP contribution in [0.25, 0.3) is 0 Å². The summed E-state index contributed by atoms with van der Waals surface area (Å²) < 4.78 is 26.2. The Labute approximate surface area is 119 Å². The number of hydrogen-bond acceptors (Lipinski definition) is 3. The van der Waals surface area contributed by atoms with E-state index in [9.17, 15) is 13.6 Å². The molecule has 106 valence electrons. The lowest BCUT2D eigenvalue weighted by molar-refractivity contribution is 0.102. The monoisotopic (exact) mass is 288 g/mol. The highest BCUT2D eigenvalue weighted by molar-refractivity contribution is 6.02. The van der Waals surface area contributed by atoms with Gasteiger partial charge in [-0.3, -0.25) is 4.79 Å². The van der Waals surface area contributed by atoms with Gasteiger partial charge in [-0.25, -0.2) is 13.8 Å². The van der Waals surface area contributed by atoms with E-state index in [1.54, 1.807) is 0 Å². The van der Waals surface area contributed by atoms with E-state index in [-0.39, 0.29) is 11.3 Å². The van der Waals surface area contributed by atoms with Crippen molar-refractivity contribution in [3.05, 3.63) is 59.4 Å². The van der Waals surface area contributed by atoms with Crippen LogP contribution in [0.1, 0.15) is 16.1 Å². The van der Waals surface area contributed by atoms with Crippen molar-refractivity contribution >= 4 is 11.6 Å². The molecule has 0 aliphatic carbocycles. The van der Waals surface area contributed by atoms with E-state index >= 15 is 0 Å². The summed E-state index contributed by atoms with van der Waals surface area (Å²) >= 11 is 0. The summed E-state index contributed by atoms with van der Waals surface area (Å²) in [5, 5.41) is 11.1. The average molecular weight is 288 g/mol. The minimum Gasteiger partial charge on any atom is -0.384 e. The number of rotatable bonds is 2. The number of benzene rings is 1. The van der Waals surface area contributed by atoms with Crippen molar-refractivity contribution in [3.8, 4) is 11.8 Å². The van der Waals surface area contributed by atoms with Crippen molar-refractivity contribution in [2.75, 3.05) is 11.9 Å². The van der Waals surface area contributed by atoms with E-state index in [1.165, 1.54) is 18.2 Å². The summed E-state index contributed by atoms with van der Waals surface area (Å²) in [4.78, 5) is 15.5. The summed E-state index contributed by atoms with van der Waals surface area (Å²) in [7, 11) is 0. The molecule has 1 amide bonds. The molecule has 0 saturated heterocycles. The lowest BCUT2D eigenvalue weighted by Crippen LogP contribution is -2.13. The molecule has 6 heteroatoms. The molecule has 1 aromatic heterocycles. The number of aliphatic hydroxyl groups excluding tert-OH is 1. The first-order valence-electron chi connectivity index (χ1n) is 5.92. The molecule has 4 nitrogen and oxygen atoms in total. The maximum absolute atomic E-state index is 13.4. The molecule has 0 aliphatic heterocycles. The number of carbonyl (C=O) groups excluding carboxylic acids is 1. The smallest absolute Gasteiger partial charge is 0.274 e. The lowest BCUT2D eigenvalue weighted by Gasteiger charge is -2.05. The SMILES string of the molecule is O=C(Nc1ccc(F)c(C#CCO)c1)c1ccc(F)cn1. The normalized spacial score (nSPS) is 9.67. The van der Waals surface area contributed by atoms with Crippen LogP contribution in [0.2, 0.25) is 0 Å². The Morgan fingerprint density at radius 2 is 2.10 bits per heavy atom. The van der Waals surface area contributed by atoms with E-state index in [2.05, 4.69) is 22.1 Å². The van der Waals surface area contributed by atoms with Gasteiger partial charge in [0.2, 0.25) is 0 Å². The Kier molecular flexibility index (Phi) is 4.59. The molecule has 0 bridgehead atoms. The van der Waals surface area contributed by atoms with Gasteiger partial charge in [0, 0.05) is 5.69 Å². The van der Waals surface area contributed by atoms with Crippen LogP contribution < -0.4 is 5.32 Å². The van der Waals surface area contributed by atoms with Gasteiger partial charge in [-0.15, -0.1) is 0 Å². The molecular formula is C15H10F2N2O2. The van der Waals surface area contributed by atoms with Gasteiger partial charge >= 0.3 is 0 Å². The van der Waals surface area contributed by atoms with Crippen LogP contribution in [0.3, 0.4) is 0 Å². The number of anilines is 1. The van der Waals surface area contributed by atoms with Crippen molar-refractivity contribution in [2.24, 2.45) is 0 Å². The number of nitrogens with one attached hydrogen (secondary N) is 1. The Bertz CT molecular complexity index is 719. The first kappa shape index (κ1) is 14.6. The van der Waals surface area contributed by atoms with Crippen molar-refractivity contribution in [1.29, 1.82) is 0 Å². The molecule has 0 atom stereocenters. The minimum atomic E-state index is -0.561. The van der Waals surface area contributed by atoms with E-state index in [0.29, 0.717) is 5.69 Å². The largest absolute Gasteiger partial charge is 0.384 e. The second-order valence-electron chi connectivity index (χ2n) is 3.97. The van der Waals surface area contributed by atoms with Crippen LogP contribution in [0.5, 0.6) is 0 Å². The minimum absolute atomic E-state index is 0.0312. The fraction of sp³-hybridized carbons (Fsp3) is 0.0667. The fourth-order valence-electron chi connectivity index (χ4n) is 1.54. The van der Waals surface area contributed by atoms with E-state index < -0.39 is 24.1 Å². The Hall–Kier alpha value is -2.78. The second-order valence-corrected chi connectivity index (χ2v) is 3.97. The van der Waals surface area contributed by atoms with Gasteiger partial charge in [-0.1, -0.05) is 11.8 Å². The number of carbonyl (C=O) groups is 1. The highest BCUT2D eigenvalue weighted by Crippen LogP contribution is 2.15. The third-order valence-corrected chi connectivity index (χ3v) is 2.49. The van der Waals surface area contributed by atoms with Gasteiger partial charge in [0.1, 0.15) is 23.9 Å². The predicted octanol–water partition coefficient (Wildman–Crippen LogP) is 1.96. The molecule has 1 heterocycles. The fourth-order valence-corrected chi connectivity index (χ4v) is 1.54. The van der Waals surface area contributed by atoms with Gasteiger partial charge in [0.15, 0.2) is 0 Å². The number of hydrogen-bond donors (Lipinski definition) is 2. The van der Waals surface area contributed by atoms with Gasteiger partial charge in [0.05, 0.1) is 11.8 Å². The van der Waals surface area contributed by atoms with E-state index in [0.717, 1.165) is 18.3 Å². The first-order chi connectivity index (χ1) is 10.1. The maximum atomic E-state index is 13.4. The topological polar surface area (TPSA) is 62.2 Å². The summed E-state index contributed by atoms with van der Waals surface area (Å²) in [5.41, 5.74) is 0.396. The number of aliphatic hydroxyl groups is 1. The highest BCUT2D eigenvalue weighted by Gasteiger charge is 2.09. The maximum Gasteiger partial charge on any atom is 0.274 e. The average Bonchev–Trinajstić information content (AvgIpc) is 2.48. The third-order valence-electron chi connectivity index (χ3n) is 2.49. The second kappa shape index (κ2) is 6.59.